The number of aromatic nitrogens is 3. The van der Waals surface area contributed by atoms with E-state index in [1.807, 2.05) is 6.20 Å². The first-order valence-electron chi connectivity index (χ1n) is 7.24. The fraction of sp³-hybridized carbons (Fsp3) is 0.312. The summed E-state index contributed by atoms with van der Waals surface area (Å²) in [5.74, 6) is 1.70. The van der Waals surface area contributed by atoms with Crippen molar-refractivity contribution in [3.63, 3.8) is 0 Å². The topological polar surface area (TPSA) is 56.5 Å². The van der Waals surface area contributed by atoms with Crippen LogP contribution in [0.1, 0.15) is 24.6 Å². The summed E-state index contributed by atoms with van der Waals surface area (Å²) in [6.07, 6.45) is 6.36. The normalized spacial score (nSPS) is 16.8. The fourth-order valence-electron chi connectivity index (χ4n) is 3.07. The van der Waals surface area contributed by atoms with E-state index in [-0.39, 0.29) is 0 Å². The second-order valence-corrected chi connectivity index (χ2v) is 5.45. The van der Waals surface area contributed by atoms with Gasteiger partial charge in [-0.1, -0.05) is 18.2 Å². The zero-order chi connectivity index (χ0) is 13.4. The molecular formula is C16H18N4. The molecule has 0 atom stereocenters. The van der Waals surface area contributed by atoms with Crippen molar-refractivity contribution in [2.24, 2.45) is 0 Å². The van der Waals surface area contributed by atoms with Crippen LogP contribution >= 0.6 is 0 Å². The first-order valence-corrected chi connectivity index (χ1v) is 7.24. The minimum atomic E-state index is 0.565. The SMILES string of the molecule is c1ccc2c(-c3cnc(C4CCNCC4)[nH]3)c[nH]c2c1. The molecule has 1 fully saturated rings. The van der Waals surface area contributed by atoms with Crippen LogP contribution in [0.25, 0.3) is 22.2 Å². The van der Waals surface area contributed by atoms with Crippen LogP contribution in [-0.2, 0) is 0 Å². The summed E-state index contributed by atoms with van der Waals surface area (Å²) < 4.78 is 0. The number of piperidine rings is 1. The number of nitrogens with one attached hydrogen (secondary N) is 3. The molecule has 4 rings (SSSR count). The number of fused-ring (bicyclic) bond motifs is 1. The number of benzene rings is 1. The van der Waals surface area contributed by atoms with Crippen LogP contribution in [0.5, 0.6) is 0 Å². The Hall–Kier alpha value is -2.07. The van der Waals surface area contributed by atoms with Crippen LogP contribution in [0.2, 0.25) is 0 Å². The molecule has 102 valence electrons. The average molecular weight is 266 g/mol. The molecule has 0 radical (unpaired) electrons. The van der Waals surface area contributed by atoms with Crippen molar-refractivity contribution >= 4 is 10.9 Å². The van der Waals surface area contributed by atoms with Gasteiger partial charge in [-0.15, -0.1) is 0 Å². The third-order valence-electron chi connectivity index (χ3n) is 4.20. The molecule has 20 heavy (non-hydrogen) atoms. The van der Waals surface area contributed by atoms with Crippen LogP contribution in [0, 0.1) is 0 Å². The Balaban J connectivity index is 1.70. The van der Waals surface area contributed by atoms with Gasteiger partial charge in [0.2, 0.25) is 0 Å². The monoisotopic (exact) mass is 266 g/mol. The number of hydrogen-bond acceptors (Lipinski definition) is 2. The van der Waals surface area contributed by atoms with Gasteiger partial charge < -0.3 is 15.3 Å². The second kappa shape index (κ2) is 4.80. The molecule has 1 aliphatic heterocycles. The Kier molecular flexibility index (Phi) is 2.81. The maximum Gasteiger partial charge on any atom is 0.109 e. The summed E-state index contributed by atoms with van der Waals surface area (Å²) >= 11 is 0. The van der Waals surface area contributed by atoms with E-state index in [1.165, 1.54) is 29.3 Å². The predicted octanol–water partition coefficient (Wildman–Crippen LogP) is 3.02. The van der Waals surface area contributed by atoms with Crippen LogP contribution in [0.4, 0.5) is 0 Å². The van der Waals surface area contributed by atoms with Gasteiger partial charge in [0, 0.05) is 28.6 Å². The number of rotatable bonds is 2. The van der Waals surface area contributed by atoms with Crippen molar-refractivity contribution in [3.05, 3.63) is 42.5 Å². The van der Waals surface area contributed by atoms with E-state index >= 15 is 0 Å². The molecule has 0 unspecified atom stereocenters. The van der Waals surface area contributed by atoms with Crippen LogP contribution in [-0.4, -0.2) is 28.0 Å². The molecule has 1 aromatic carbocycles. The lowest BCUT2D eigenvalue weighted by molar-refractivity contribution is 0.447. The maximum atomic E-state index is 4.61. The maximum absolute atomic E-state index is 4.61. The van der Waals surface area contributed by atoms with Gasteiger partial charge in [-0.2, -0.15) is 0 Å². The van der Waals surface area contributed by atoms with Gasteiger partial charge >= 0.3 is 0 Å². The summed E-state index contributed by atoms with van der Waals surface area (Å²) in [5.41, 5.74) is 3.48. The lowest BCUT2D eigenvalue weighted by Gasteiger charge is -2.20. The highest BCUT2D eigenvalue weighted by molar-refractivity contribution is 5.94. The highest BCUT2D eigenvalue weighted by Gasteiger charge is 2.18. The average Bonchev–Trinajstić information content (AvgIpc) is 3.14. The smallest absolute Gasteiger partial charge is 0.109 e. The Bertz CT molecular complexity index is 719. The molecule has 4 nitrogen and oxygen atoms in total. The molecule has 3 N–H and O–H groups in total. The van der Waals surface area contributed by atoms with Crippen LogP contribution in [0.15, 0.2) is 36.7 Å². The Morgan fingerprint density at radius 3 is 2.85 bits per heavy atom. The lowest BCUT2D eigenvalue weighted by atomic mass is 9.98. The van der Waals surface area contributed by atoms with Gasteiger partial charge in [0.05, 0.1) is 11.9 Å². The second-order valence-electron chi connectivity index (χ2n) is 5.45. The molecule has 0 amide bonds. The standard InChI is InChI=1S/C16H18N4/c1-2-4-14-12(3-1)13(9-18-14)15-10-19-16(20-15)11-5-7-17-8-6-11/h1-4,9-11,17-18H,5-8H2,(H,19,20). The summed E-state index contributed by atoms with van der Waals surface area (Å²) in [4.78, 5) is 11.4. The van der Waals surface area contributed by atoms with Gasteiger partial charge in [0.1, 0.15) is 5.82 Å². The largest absolute Gasteiger partial charge is 0.360 e. The van der Waals surface area contributed by atoms with E-state index in [0.717, 1.165) is 24.6 Å². The molecule has 0 bridgehead atoms. The minimum Gasteiger partial charge on any atom is -0.360 e. The van der Waals surface area contributed by atoms with Crippen molar-refractivity contribution in [1.82, 2.24) is 20.3 Å². The molecule has 0 saturated carbocycles. The van der Waals surface area contributed by atoms with Crippen molar-refractivity contribution in [2.45, 2.75) is 18.8 Å². The molecule has 4 heteroatoms. The predicted molar refractivity (Wildman–Crippen MR) is 80.7 cm³/mol. The number of hydrogen-bond donors (Lipinski definition) is 3. The van der Waals surface area contributed by atoms with E-state index in [0.29, 0.717) is 5.92 Å². The number of para-hydroxylation sites is 1. The summed E-state index contributed by atoms with van der Waals surface area (Å²) in [7, 11) is 0. The number of H-pyrrole nitrogens is 2. The molecule has 1 saturated heterocycles. The zero-order valence-corrected chi connectivity index (χ0v) is 11.3. The summed E-state index contributed by atoms with van der Waals surface area (Å²) in [6.45, 7) is 2.18. The third kappa shape index (κ3) is 1.93. The number of imidazole rings is 1. The zero-order valence-electron chi connectivity index (χ0n) is 11.3. The third-order valence-corrected chi connectivity index (χ3v) is 4.20. The Morgan fingerprint density at radius 2 is 1.95 bits per heavy atom. The van der Waals surface area contributed by atoms with E-state index in [2.05, 4.69) is 50.7 Å². The molecule has 0 spiro atoms. The highest BCUT2D eigenvalue weighted by Crippen LogP contribution is 2.29. The molecule has 0 aliphatic carbocycles. The van der Waals surface area contributed by atoms with Gasteiger partial charge in [-0.3, -0.25) is 0 Å². The van der Waals surface area contributed by atoms with Crippen molar-refractivity contribution in [2.75, 3.05) is 13.1 Å². The first kappa shape index (κ1) is 11.7. The van der Waals surface area contributed by atoms with Crippen molar-refractivity contribution in [1.29, 1.82) is 0 Å². The summed E-state index contributed by atoms with van der Waals surface area (Å²) in [5, 5.41) is 4.64. The van der Waals surface area contributed by atoms with Crippen molar-refractivity contribution in [3.8, 4) is 11.3 Å². The Morgan fingerprint density at radius 1 is 1.10 bits per heavy atom. The molecule has 3 aromatic rings. The number of nitrogens with zero attached hydrogens (tertiary/aromatic N) is 1. The van der Waals surface area contributed by atoms with Gasteiger partial charge in [-0.05, 0) is 32.0 Å². The van der Waals surface area contributed by atoms with E-state index < -0.39 is 0 Å². The first-order chi connectivity index (χ1) is 9.92. The van der Waals surface area contributed by atoms with Crippen LogP contribution in [0.3, 0.4) is 0 Å². The molecule has 1 aliphatic rings. The molecule has 2 aromatic heterocycles. The quantitative estimate of drug-likeness (QED) is 0.668. The van der Waals surface area contributed by atoms with Crippen LogP contribution < -0.4 is 5.32 Å². The molecule has 3 heterocycles. The number of aromatic amines is 2. The van der Waals surface area contributed by atoms with E-state index in [4.69, 9.17) is 0 Å². The van der Waals surface area contributed by atoms with Gasteiger partial charge in [-0.25, -0.2) is 4.98 Å². The van der Waals surface area contributed by atoms with E-state index in [1.54, 1.807) is 0 Å². The highest BCUT2D eigenvalue weighted by atomic mass is 14.9. The summed E-state index contributed by atoms with van der Waals surface area (Å²) in [6, 6.07) is 8.37. The van der Waals surface area contributed by atoms with E-state index in [9.17, 15) is 0 Å². The molecular weight excluding hydrogens is 248 g/mol. The van der Waals surface area contributed by atoms with Gasteiger partial charge in [0.25, 0.3) is 0 Å². The Labute approximate surface area is 117 Å². The van der Waals surface area contributed by atoms with Crippen molar-refractivity contribution < 1.29 is 0 Å². The minimum absolute atomic E-state index is 0.565. The lowest BCUT2D eigenvalue weighted by Crippen LogP contribution is -2.27. The van der Waals surface area contributed by atoms with Gasteiger partial charge in [0.15, 0.2) is 0 Å². The fourth-order valence-corrected chi connectivity index (χ4v) is 3.07.